The van der Waals surface area contributed by atoms with Crippen LogP contribution in [0.5, 0.6) is 5.75 Å². The molecule has 106 valence electrons. The molecule has 1 aromatic rings. The fraction of sp³-hybridized carbons (Fsp3) is 0.385. The maximum Gasteiger partial charge on any atom is 0.596 e. The smallest absolute Gasteiger partial charge is 0.526 e. The zero-order valence-electron chi connectivity index (χ0n) is 11.2. The second kappa shape index (κ2) is 6.43. The molecule has 0 saturated heterocycles. The molecule has 20 heavy (non-hydrogen) atoms. The van der Waals surface area contributed by atoms with Crippen LogP contribution in [0.4, 0.5) is 0 Å². The van der Waals surface area contributed by atoms with Crippen LogP contribution >= 0.6 is 0 Å². The molecule has 0 spiro atoms. The number of carbonyl (C=O) groups excluding carboxylic acids is 1. The Hall–Kier alpha value is -2.02. The van der Waals surface area contributed by atoms with Gasteiger partial charge in [0.1, 0.15) is 11.8 Å². The Labute approximate surface area is 117 Å². The van der Waals surface area contributed by atoms with E-state index in [1.54, 1.807) is 6.07 Å². The van der Waals surface area contributed by atoms with E-state index in [1.807, 2.05) is 25.1 Å². The number of hydrogen-bond donors (Lipinski definition) is 2. The topological polar surface area (TPSA) is 84.9 Å². The second-order valence-electron chi connectivity index (χ2n) is 4.53. The van der Waals surface area contributed by atoms with Crippen molar-refractivity contribution < 1.29 is 24.0 Å². The minimum Gasteiger partial charge on any atom is -0.526 e. The standard InChI is InChI=1S/C13H16BNO5/c1-2-14-19-11-6-4-3-5-9(11)8-15-10(7-12(16)17)13(18)20-14/h3-6,10,15H,2,7-8H2,1H3,(H,16,17). The van der Waals surface area contributed by atoms with Gasteiger partial charge in [-0.3, -0.25) is 14.9 Å². The van der Waals surface area contributed by atoms with Crippen molar-refractivity contribution in [1.82, 2.24) is 5.32 Å². The van der Waals surface area contributed by atoms with Gasteiger partial charge < -0.3 is 14.4 Å². The van der Waals surface area contributed by atoms with Crippen molar-refractivity contribution in [2.75, 3.05) is 0 Å². The highest BCUT2D eigenvalue weighted by atomic mass is 16.6. The van der Waals surface area contributed by atoms with Gasteiger partial charge in [0.05, 0.1) is 6.42 Å². The van der Waals surface area contributed by atoms with Crippen molar-refractivity contribution in [1.29, 1.82) is 0 Å². The first kappa shape index (κ1) is 14.4. The van der Waals surface area contributed by atoms with Crippen molar-refractivity contribution in [3.05, 3.63) is 29.8 Å². The van der Waals surface area contributed by atoms with Gasteiger partial charge in [-0.05, 0) is 6.07 Å². The Morgan fingerprint density at radius 3 is 2.90 bits per heavy atom. The fourth-order valence-corrected chi connectivity index (χ4v) is 1.96. The SMILES string of the molecule is CCB1OC(=O)C(CC(=O)O)NCc2ccccc2O1. The molecule has 0 amide bonds. The monoisotopic (exact) mass is 277 g/mol. The molecule has 0 bridgehead atoms. The molecule has 0 aliphatic carbocycles. The fourth-order valence-electron chi connectivity index (χ4n) is 1.96. The molecule has 1 aliphatic heterocycles. The largest absolute Gasteiger partial charge is 0.596 e. The molecule has 1 atom stereocenters. The zero-order valence-corrected chi connectivity index (χ0v) is 11.2. The van der Waals surface area contributed by atoms with Crippen molar-refractivity contribution in [2.24, 2.45) is 0 Å². The number of aliphatic carboxylic acids is 1. The van der Waals surface area contributed by atoms with Crippen LogP contribution in [0.2, 0.25) is 6.32 Å². The average Bonchev–Trinajstić information content (AvgIpc) is 2.48. The van der Waals surface area contributed by atoms with Crippen LogP contribution < -0.4 is 9.97 Å². The van der Waals surface area contributed by atoms with Crippen LogP contribution in [-0.4, -0.2) is 30.2 Å². The Morgan fingerprint density at radius 2 is 2.20 bits per heavy atom. The number of rotatable bonds is 3. The van der Waals surface area contributed by atoms with E-state index in [-0.39, 0.29) is 6.42 Å². The van der Waals surface area contributed by atoms with Crippen LogP contribution in [0.3, 0.4) is 0 Å². The predicted molar refractivity (Wildman–Crippen MR) is 72.3 cm³/mol. The van der Waals surface area contributed by atoms with Gasteiger partial charge in [0.15, 0.2) is 0 Å². The van der Waals surface area contributed by atoms with Gasteiger partial charge >= 0.3 is 19.1 Å². The summed E-state index contributed by atoms with van der Waals surface area (Å²) >= 11 is 0. The van der Waals surface area contributed by atoms with Crippen LogP contribution in [0.1, 0.15) is 18.9 Å². The number of para-hydroxylation sites is 1. The summed E-state index contributed by atoms with van der Waals surface area (Å²) in [5.74, 6) is -1.02. The van der Waals surface area contributed by atoms with Crippen molar-refractivity contribution in [3.63, 3.8) is 0 Å². The van der Waals surface area contributed by atoms with Gasteiger partial charge in [0.2, 0.25) is 0 Å². The maximum atomic E-state index is 11.9. The molecule has 1 aliphatic rings. The van der Waals surface area contributed by atoms with Gasteiger partial charge in [0.25, 0.3) is 0 Å². The predicted octanol–water partition coefficient (Wildman–Crippen LogP) is 1.06. The number of carboxylic acid groups (broad SMARTS) is 1. The van der Waals surface area contributed by atoms with Gasteiger partial charge in [0, 0.05) is 18.4 Å². The lowest BCUT2D eigenvalue weighted by atomic mass is 9.85. The summed E-state index contributed by atoms with van der Waals surface area (Å²) in [6, 6.07) is 6.47. The van der Waals surface area contributed by atoms with Crippen molar-refractivity contribution in [2.45, 2.75) is 32.3 Å². The third-order valence-electron chi connectivity index (χ3n) is 3.01. The normalized spacial score (nSPS) is 18.9. The minimum absolute atomic E-state index is 0.322. The Bertz CT molecular complexity index is 507. The summed E-state index contributed by atoms with van der Waals surface area (Å²) in [6.07, 6.45) is 0.164. The lowest BCUT2D eigenvalue weighted by Crippen LogP contribution is -2.41. The lowest BCUT2D eigenvalue weighted by Gasteiger charge is -2.16. The van der Waals surface area contributed by atoms with E-state index in [9.17, 15) is 9.59 Å². The first-order valence-electron chi connectivity index (χ1n) is 6.50. The van der Waals surface area contributed by atoms with Crippen LogP contribution in [-0.2, 0) is 20.8 Å². The molecular weight excluding hydrogens is 261 g/mol. The summed E-state index contributed by atoms with van der Waals surface area (Å²) in [4.78, 5) is 22.8. The highest BCUT2D eigenvalue weighted by molar-refractivity contribution is 6.47. The van der Waals surface area contributed by atoms with E-state index < -0.39 is 25.1 Å². The van der Waals surface area contributed by atoms with Crippen molar-refractivity contribution in [3.8, 4) is 5.75 Å². The van der Waals surface area contributed by atoms with Gasteiger partial charge in [-0.15, -0.1) is 0 Å². The van der Waals surface area contributed by atoms with Crippen LogP contribution in [0.15, 0.2) is 24.3 Å². The molecule has 0 radical (unpaired) electrons. The summed E-state index contributed by atoms with van der Waals surface area (Å²) in [5.41, 5.74) is 0.861. The van der Waals surface area contributed by atoms with E-state index in [1.165, 1.54) is 0 Å². The lowest BCUT2D eigenvalue weighted by molar-refractivity contribution is -0.145. The van der Waals surface area contributed by atoms with Gasteiger partial charge in [-0.2, -0.15) is 0 Å². The zero-order chi connectivity index (χ0) is 14.5. The first-order chi connectivity index (χ1) is 9.60. The number of fused-ring (bicyclic) bond motifs is 1. The number of hydrogen-bond acceptors (Lipinski definition) is 5. The van der Waals surface area contributed by atoms with Crippen LogP contribution in [0.25, 0.3) is 0 Å². The van der Waals surface area contributed by atoms with E-state index >= 15 is 0 Å². The third-order valence-corrected chi connectivity index (χ3v) is 3.01. The molecule has 1 unspecified atom stereocenters. The van der Waals surface area contributed by atoms with Gasteiger partial charge in [-0.1, -0.05) is 25.1 Å². The summed E-state index contributed by atoms with van der Waals surface area (Å²) < 4.78 is 10.9. The first-order valence-corrected chi connectivity index (χ1v) is 6.50. The maximum absolute atomic E-state index is 11.9. The van der Waals surface area contributed by atoms with E-state index in [4.69, 9.17) is 14.4 Å². The molecule has 1 aromatic carbocycles. The highest BCUT2D eigenvalue weighted by Gasteiger charge is 2.31. The minimum atomic E-state index is -1.05. The van der Waals surface area contributed by atoms with E-state index in [0.717, 1.165) is 5.56 Å². The Kier molecular flexibility index (Phi) is 4.63. The van der Waals surface area contributed by atoms with E-state index in [0.29, 0.717) is 18.6 Å². The molecule has 2 rings (SSSR count). The summed E-state index contributed by atoms with van der Waals surface area (Å²) in [7, 11) is -0.708. The summed E-state index contributed by atoms with van der Waals surface area (Å²) in [5, 5.41) is 11.8. The molecule has 7 heteroatoms. The quantitative estimate of drug-likeness (QED) is 0.804. The molecule has 0 fully saturated rings. The third kappa shape index (κ3) is 3.51. The molecule has 6 nitrogen and oxygen atoms in total. The highest BCUT2D eigenvalue weighted by Crippen LogP contribution is 2.21. The molecule has 0 aromatic heterocycles. The van der Waals surface area contributed by atoms with Crippen molar-refractivity contribution >= 4 is 19.1 Å². The second-order valence-corrected chi connectivity index (χ2v) is 4.53. The van der Waals surface area contributed by atoms with Crippen LogP contribution in [0, 0.1) is 0 Å². The van der Waals surface area contributed by atoms with E-state index in [2.05, 4.69) is 5.32 Å². The number of nitrogens with one attached hydrogen (secondary N) is 1. The molecule has 0 saturated carbocycles. The molecule has 1 heterocycles. The Balaban J connectivity index is 2.25. The molecule has 2 N–H and O–H groups in total. The molecular formula is C13H16BNO5. The Morgan fingerprint density at radius 1 is 1.45 bits per heavy atom. The number of benzene rings is 1. The number of carboxylic acids is 1. The average molecular weight is 277 g/mol. The summed E-state index contributed by atoms with van der Waals surface area (Å²) in [6.45, 7) is 2.18. The number of carbonyl (C=O) groups is 2. The van der Waals surface area contributed by atoms with Gasteiger partial charge in [-0.25, -0.2) is 0 Å².